The van der Waals surface area contributed by atoms with E-state index in [1.54, 1.807) is 17.0 Å². The van der Waals surface area contributed by atoms with Crippen LogP contribution in [0.1, 0.15) is 39.2 Å². The lowest BCUT2D eigenvalue weighted by atomic mass is 10.1. The van der Waals surface area contributed by atoms with Crippen LogP contribution in [-0.4, -0.2) is 52.3 Å². The third-order valence-electron chi connectivity index (χ3n) is 5.78. The summed E-state index contributed by atoms with van der Waals surface area (Å²) in [6.45, 7) is 7.43. The normalized spacial score (nSPS) is 16.9. The molecule has 1 unspecified atom stereocenters. The smallest absolute Gasteiger partial charge is 0.410 e. The molecule has 3 aromatic rings. The molecule has 6 nitrogen and oxygen atoms in total. The molecule has 1 aliphatic rings. The Labute approximate surface area is 188 Å². The highest BCUT2D eigenvalue weighted by atomic mass is 19.1. The number of aromatic nitrogens is 2. The van der Waals surface area contributed by atoms with Gasteiger partial charge in [-0.2, -0.15) is 0 Å². The van der Waals surface area contributed by atoms with E-state index in [4.69, 9.17) is 9.72 Å². The van der Waals surface area contributed by atoms with Crippen molar-refractivity contribution in [1.29, 1.82) is 0 Å². The first kappa shape index (κ1) is 22.1. The van der Waals surface area contributed by atoms with Crippen molar-refractivity contribution >= 4 is 23.1 Å². The van der Waals surface area contributed by atoms with Crippen LogP contribution >= 0.6 is 0 Å². The van der Waals surface area contributed by atoms with Gasteiger partial charge < -0.3 is 19.1 Å². The van der Waals surface area contributed by atoms with E-state index in [1.165, 1.54) is 6.07 Å². The number of ether oxygens (including phenoxy) is 1. The fraction of sp³-hybridized carbons (Fsp3) is 0.440. The molecule has 2 aromatic carbocycles. The average molecular weight is 439 g/mol. The molecule has 1 atom stereocenters. The Balaban J connectivity index is 1.61. The first-order valence-corrected chi connectivity index (χ1v) is 11.1. The number of fused-ring (bicyclic) bond motifs is 1. The number of carbonyl (C=O) groups excluding carboxylic acids is 1. The summed E-state index contributed by atoms with van der Waals surface area (Å²) in [6, 6.07) is 14.8. The lowest BCUT2D eigenvalue weighted by Crippen LogP contribution is -2.50. The van der Waals surface area contributed by atoms with Crippen LogP contribution in [0.15, 0.2) is 48.5 Å². The van der Waals surface area contributed by atoms with Crippen LogP contribution in [0.2, 0.25) is 0 Å². The van der Waals surface area contributed by atoms with Crippen LogP contribution in [0.25, 0.3) is 11.0 Å². The predicted molar refractivity (Wildman–Crippen MR) is 124 cm³/mol. The fourth-order valence-corrected chi connectivity index (χ4v) is 4.23. The summed E-state index contributed by atoms with van der Waals surface area (Å²) in [6.07, 6.45) is 1.58. The van der Waals surface area contributed by atoms with Crippen LogP contribution in [-0.2, 0) is 11.3 Å². The van der Waals surface area contributed by atoms with E-state index in [-0.39, 0.29) is 18.0 Å². The summed E-state index contributed by atoms with van der Waals surface area (Å²) < 4.78 is 21.5. The summed E-state index contributed by atoms with van der Waals surface area (Å²) in [5.74, 6) is 0.564. The number of halogens is 1. The first-order chi connectivity index (χ1) is 15.2. The van der Waals surface area contributed by atoms with Gasteiger partial charge in [-0.25, -0.2) is 14.2 Å². The van der Waals surface area contributed by atoms with Crippen LogP contribution < -0.4 is 4.90 Å². The molecular weight excluding hydrogens is 407 g/mol. The van der Waals surface area contributed by atoms with E-state index >= 15 is 0 Å². The van der Waals surface area contributed by atoms with Gasteiger partial charge in [0.05, 0.1) is 17.6 Å². The quantitative estimate of drug-likeness (QED) is 0.571. The molecular formula is C25H31FN4O2. The molecule has 0 aliphatic carbocycles. The molecule has 0 radical (unpaired) electrons. The lowest BCUT2D eigenvalue weighted by Gasteiger charge is -2.38. The summed E-state index contributed by atoms with van der Waals surface area (Å²) >= 11 is 0. The third kappa shape index (κ3) is 4.87. The number of amides is 1. The number of nitrogens with zero attached hydrogens (tertiary/aromatic N) is 4. The summed E-state index contributed by atoms with van der Waals surface area (Å²) in [4.78, 5) is 21.5. The Morgan fingerprint density at radius 1 is 1.22 bits per heavy atom. The molecule has 2 heterocycles. The molecule has 32 heavy (non-hydrogen) atoms. The summed E-state index contributed by atoms with van der Waals surface area (Å²) in [7, 11) is 2.02. The zero-order valence-corrected chi connectivity index (χ0v) is 19.2. The Hall–Kier alpha value is -3.09. The molecule has 1 saturated heterocycles. The lowest BCUT2D eigenvalue weighted by molar-refractivity contribution is 0.0199. The zero-order chi connectivity index (χ0) is 22.9. The zero-order valence-electron chi connectivity index (χ0n) is 19.2. The number of piperidine rings is 1. The highest BCUT2D eigenvalue weighted by Gasteiger charge is 2.31. The second kappa shape index (κ2) is 8.81. The van der Waals surface area contributed by atoms with Crippen LogP contribution in [0, 0.1) is 5.82 Å². The fourth-order valence-electron chi connectivity index (χ4n) is 4.23. The Kier molecular flexibility index (Phi) is 6.09. The topological polar surface area (TPSA) is 50.6 Å². The first-order valence-electron chi connectivity index (χ1n) is 11.1. The molecule has 0 saturated carbocycles. The van der Waals surface area contributed by atoms with E-state index in [0.29, 0.717) is 19.6 Å². The molecule has 0 N–H and O–H groups in total. The molecule has 7 heteroatoms. The second-order valence-electron chi connectivity index (χ2n) is 9.45. The van der Waals surface area contributed by atoms with E-state index in [9.17, 15) is 9.18 Å². The minimum absolute atomic E-state index is 0.111. The summed E-state index contributed by atoms with van der Waals surface area (Å²) in [5.41, 5.74) is 2.25. The maximum absolute atomic E-state index is 13.8. The van der Waals surface area contributed by atoms with Crippen LogP contribution in [0.4, 0.5) is 15.1 Å². The molecule has 0 bridgehead atoms. The number of hydrogen-bond acceptors (Lipinski definition) is 4. The molecule has 1 aliphatic heterocycles. The maximum Gasteiger partial charge on any atom is 0.410 e. The van der Waals surface area contributed by atoms with Crippen molar-refractivity contribution in [2.75, 3.05) is 25.0 Å². The van der Waals surface area contributed by atoms with Gasteiger partial charge in [-0.15, -0.1) is 0 Å². The van der Waals surface area contributed by atoms with Crippen molar-refractivity contribution in [3.63, 3.8) is 0 Å². The highest BCUT2D eigenvalue weighted by molar-refractivity contribution is 5.79. The van der Waals surface area contributed by atoms with Crippen molar-refractivity contribution < 1.29 is 13.9 Å². The van der Waals surface area contributed by atoms with Gasteiger partial charge in [0.25, 0.3) is 0 Å². The molecule has 1 amide bonds. The largest absolute Gasteiger partial charge is 0.444 e. The van der Waals surface area contributed by atoms with Crippen molar-refractivity contribution in [2.24, 2.45) is 0 Å². The van der Waals surface area contributed by atoms with Crippen LogP contribution in [0.5, 0.6) is 0 Å². The second-order valence-corrected chi connectivity index (χ2v) is 9.45. The van der Waals surface area contributed by atoms with E-state index in [2.05, 4.69) is 9.47 Å². The molecule has 170 valence electrons. The number of imidazole rings is 1. The summed E-state index contributed by atoms with van der Waals surface area (Å²) in [5, 5.41) is 0. The highest BCUT2D eigenvalue weighted by Crippen LogP contribution is 2.27. The Morgan fingerprint density at radius 3 is 2.75 bits per heavy atom. The number of para-hydroxylation sites is 2. The van der Waals surface area contributed by atoms with Crippen molar-refractivity contribution in [1.82, 2.24) is 14.5 Å². The Bertz CT molecular complexity index is 1100. The van der Waals surface area contributed by atoms with E-state index < -0.39 is 5.60 Å². The number of hydrogen-bond donors (Lipinski definition) is 0. The van der Waals surface area contributed by atoms with Crippen molar-refractivity contribution in [2.45, 2.75) is 51.8 Å². The predicted octanol–water partition coefficient (Wildman–Crippen LogP) is 5.06. The van der Waals surface area contributed by atoms with E-state index in [0.717, 1.165) is 35.4 Å². The molecule has 1 fully saturated rings. The third-order valence-corrected chi connectivity index (χ3v) is 5.78. The number of likely N-dealkylation sites (N-methyl/N-ethyl adjacent to an activating group) is 1. The van der Waals surface area contributed by atoms with Gasteiger partial charge in [-0.1, -0.05) is 24.3 Å². The van der Waals surface area contributed by atoms with Gasteiger partial charge >= 0.3 is 6.09 Å². The van der Waals surface area contributed by atoms with Crippen molar-refractivity contribution in [3.05, 3.63) is 59.9 Å². The Morgan fingerprint density at radius 2 is 2.00 bits per heavy atom. The monoisotopic (exact) mass is 438 g/mol. The maximum atomic E-state index is 13.8. The van der Waals surface area contributed by atoms with Crippen LogP contribution in [0.3, 0.4) is 0 Å². The van der Waals surface area contributed by atoms with Gasteiger partial charge in [0.2, 0.25) is 5.95 Å². The molecule has 4 rings (SSSR count). The average Bonchev–Trinajstić information content (AvgIpc) is 3.10. The number of rotatable bonds is 4. The minimum Gasteiger partial charge on any atom is -0.444 e. The number of likely N-dealkylation sites (tertiary alicyclic amines) is 1. The van der Waals surface area contributed by atoms with Gasteiger partial charge in [0.15, 0.2) is 0 Å². The molecule has 1 aromatic heterocycles. The SMILES string of the molecule is CN(c1nc2ccccc2n1Cc1cccc(F)c1)C1CCCN(C(=O)OC(C)(C)C)C1. The standard InChI is InChI=1S/C25H31FN4O2/c1-25(2,3)32-24(31)29-14-8-11-20(17-29)28(4)23-27-21-12-5-6-13-22(21)30(23)16-18-9-7-10-19(26)15-18/h5-7,9-10,12-13,15,20H,8,11,14,16-17H2,1-4H3. The van der Waals surface area contributed by atoms with Gasteiger partial charge in [0, 0.05) is 26.2 Å². The van der Waals surface area contributed by atoms with Gasteiger partial charge in [0.1, 0.15) is 11.4 Å². The van der Waals surface area contributed by atoms with Gasteiger partial charge in [-0.05, 0) is 63.4 Å². The minimum atomic E-state index is -0.519. The number of anilines is 1. The number of benzene rings is 2. The van der Waals surface area contributed by atoms with Gasteiger partial charge in [-0.3, -0.25) is 0 Å². The molecule has 0 spiro atoms. The van der Waals surface area contributed by atoms with Crippen molar-refractivity contribution in [3.8, 4) is 0 Å². The number of carbonyl (C=O) groups is 1. The van der Waals surface area contributed by atoms with E-state index in [1.807, 2.05) is 58.2 Å².